The summed E-state index contributed by atoms with van der Waals surface area (Å²) in [6.45, 7) is 0.608. The highest BCUT2D eigenvalue weighted by atomic mass is 19.4. The smallest absolute Gasteiger partial charge is 0.416 e. The van der Waals surface area contributed by atoms with Gasteiger partial charge in [-0.25, -0.2) is 4.79 Å². The lowest BCUT2D eigenvalue weighted by Gasteiger charge is -2.15. The zero-order chi connectivity index (χ0) is 14.0. The van der Waals surface area contributed by atoms with Gasteiger partial charge in [-0.05, 0) is 24.3 Å². The number of hydrogen-bond donors (Lipinski definition) is 1. The summed E-state index contributed by atoms with van der Waals surface area (Å²) in [4.78, 5) is 11.9. The van der Waals surface area contributed by atoms with Crippen molar-refractivity contribution in [1.29, 1.82) is 0 Å². The summed E-state index contributed by atoms with van der Waals surface area (Å²) in [6, 6.07) is 4.37. The van der Waals surface area contributed by atoms with Crippen molar-refractivity contribution in [2.24, 2.45) is 0 Å². The van der Waals surface area contributed by atoms with E-state index in [-0.39, 0.29) is 12.6 Å². The molecule has 1 aromatic rings. The maximum absolute atomic E-state index is 12.4. The second-order valence-electron chi connectivity index (χ2n) is 4.28. The monoisotopic (exact) mass is 275 g/mol. The van der Waals surface area contributed by atoms with Gasteiger partial charge in [-0.15, -0.1) is 0 Å². The minimum absolute atomic E-state index is 0.232. The molecule has 1 aliphatic rings. The fraction of sp³-hybridized carbons (Fsp3) is 0.417. The van der Waals surface area contributed by atoms with Crippen molar-refractivity contribution in [3.05, 3.63) is 29.8 Å². The van der Waals surface area contributed by atoms with Gasteiger partial charge in [-0.2, -0.15) is 13.2 Å². The second kappa shape index (κ2) is 4.99. The average molecular weight is 275 g/mol. The molecular formula is C12H12F3NO3. The lowest BCUT2D eigenvalue weighted by Crippen LogP contribution is -2.29. The number of rotatable bonds is 2. The highest BCUT2D eigenvalue weighted by Crippen LogP contribution is 2.30. The molecule has 0 spiro atoms. The molecule has 1 aliphatic heterocycles. The van der Waals surface area contributed by atoms with Crippen LogP contribution < -0.4 is 4.74 Å². The zero-order valence-corrected chi connectivity index (χ0v) is 9.85. The van der Waals surface area contributed by atoms with Crippen LogP contribution in [0.2, 0.25) is 0 Å². The summed E-state index contributed by atoms with van der Waals surface area (Å²) in [6.07, 6.45) is -5.16. The van der Waals surface area contributed by atoms with Gasteiger partial charge in [0.05, 0.1) is 12.1 Å². The Kier molecular flexibility index (Phi) is 3.55. The van der Waals surface area contributed by atoms with Crippen LogP contribution in [0.4, 0.5) is 18.0 Å². The number of hydrogen-bond acceptors (Lipinski definition) is 2. The minimum Gasteiger partial charge on any atom is -0.489 e. The van der Waals surface area contributed by atoms with E-state index in [0.717, 1.165) is 12.1 Å². The Morgan fingerprint density at radius 1 is 1.32 bits per heavy atom. The Labute approximate surface area is 107 Å². The quantitative estimate of drug-likeness (QED) is 0.902. The van der Waals surface area contributed by atoms with Crippen LogP contribution in [0.1, 0.15) is 12.0 Å². The number of benzene rings is 1. The third kappa shape index (κ3) is 3.30. The SMILES string of the molecule is O=C(O)N1CC[C@@H](Oc2ccc(C(F)(F)F)cc2)C1. The largest absolute Gasteiger partial charge is 0.489 e. The van der Waals surface area contributed by atoms with Gasteiger partial charge >= 0.3 is 12.3 Å². The fourth-order valence-corrected chi connectivity index (χ4v) is 1.91. The van der Waals surface area contributed by atoms with Crippen LogP contribution in [-0.4, -0.2) is 35.3 Å². The Bertz CT molecular complexity index is 458. The normalized spacial score (nSPS) is 19.5. The molecular weight excluding hydrogens is 263 g/mol. The van der Waals surface area contributed by atoms with Crippen molar-refractivity contribution in [3.8, 4) is 5.75 Å². The number of nitrogens with zero attached hydrogens (tertiary/aromatic N) is 1. The molecule has 1 N–H and O–H groups in total. The summed E-state index contributed by atoms with van der Waals surface area (Å²) in [5, 5.41) is 8.77. The minimum atomic E-state index is -4.37. The molecule has 1 atom stereocenters. The molecule has 0 saturated carbocycles. The van der Waals surface area contributed by atoms with Crippen molar-refractivity contribution >= 4 is 6.09 Å². The third-order valence-electron chi connectivity index (χ3n) is 2.90. The van der Waals surface area contributed by atoms with Gasteiger partial charge in [0, 0.05) is 13.0 Å². The first-order valence-electron chi connectivity index (χ1n) is 5.68. The van der Waals surface area contributed by atoms with E-state index in [2.05, 4.69) is 0 Å². The van der Waals surface area contributed by atoms with Crippen LogP contribution in [0.25, 0.3) is 0 Å². The van der Waals surface area contributed by atoms with Crippen LogP contribution in [-0.2, 0) is 6.18 Å². The summed E-state index contributed by atoms with van der Waals surface area (Å²) in [5.74, 6) is 0.310. The molecule has 1 aromatic carbocycles. The topological polar surface area (TPSA) is 49.8 Å². The summed E-state index contributed by atoms with van der Waals surface area (Å²) >= 11 is 0. The van der Waals surface area contributed by atoms with Gasteiger partial charge in [0.15, 0.2) is 0 Å². The highest BCUT2D eigenvalue weighted by molar-refractivity contribution is 5.65. The van der Waals surface area contributed by atoms with E-state index in [0.29, 0.717) is 18.7 Å². The Balaban J connectivity index is 1.96. The van der Waals surface area contributed by atoms with Crippen molar-refractivity contribution in [2.75, 3.05) is 13.1 Å². The lowest BCUT2D eigenvalue weighted by atomic mass is 10.2. The number of halogens is 3. The first kappa shape index (κ1) is 13.5. The molecule has 2 rings (SSSR count). The molecule has 0 aliphatic carbocycles. The van der Waals surface area contributed by atoms with E-state index in [1.807, 2.05) is 0 Å². The molecule has 7 heteroatoms. The van der Waals surface area contributed by atoms with E-state index in [4.69, 9.17) is 9.84 Å². The van der Waals surface area contributed by atoms with Crippen LogP contribution in [0.3, 0.4) is 0 Å². The summed E-state index contributed by atoms with van der Waals surface area (Å²) < 4.78 is 42.5. The predicted octanol–water partition coefficient (Wildman–Crippen LogP) is 2.84. The van der Waals surface area contributed by atoms with Gasteiger partial charge in [0.25, 0.3) is 0 Å². The van der Waals surface area contributed by atoms with Crippen LogP contribution >= 0.6 is 0 Å². The standard InChI is InChI=1S/C12H12F3NO3/c13-12(14,15)8-1-3-9(4-2-8)19-10-5-6-16(7-10)11(17)18/h1-4,10H,5-7H2,(H,17,18)/t10-/m1/s1. The van der Waals surface area contributed by atoms with E-state index < -0.39 is 17.8 Å². The van der Waals surface area contributed by atoms with Crippen molar-refractivity contribution < 1.29 is 27.8 Å². The van der Waals surface area contributed by atoms with E-state index >= 15 is 0 Å². The summed E-state index contributed by atoms with van der Waals surface area (Å²) in [7, 11) is 0. The van der Waals surface area contributed by atoms with E-state index in [9.17, 15) is 18.0 Å². The average Bonchev–Trinajstić information content (AvgIpc) is 2.77. The van der Waals surface area contributed by atoms with Crippen LogP contribution in [0.15, 0.2) is 24.3 Å². The molecule has 0 bridgehead atoms. The molecule has 19 heavy (non-hydrogen) atoms. The maximum Gasteiger partial charge on any atom is 0.416 e. The Hall–Kier alpha value is -1.92. The molecule has 0 aromatic heterocycles. The van der Waals surface area contributed by atoms with E-state index in [1.54, 1.807) is 0 Å². The molecule has 0 unspecified atom stereocenters. The van der Waals surface area contributed by atoms with Gasteiger partial charge in [0.1, 0.15) is 11.9 Å². The first-order chi connectivity index (χ1) is 8.86. The van der Waals surface area contributed by atoms with Gasteiger partial charge in [-0.1, -0.05) is 0 Å². The maximum atomic E-state index is 12.4. The number of likely N-dealkylation sites (tertiary alicyclic amines) is 1. The van der Waals surface area contributed by atoms with E-state index in [1.165, 1.54) is 17.0 Å². The Morgan fingerprint density at radius 2 is 1.95 bits per heavy atom. The number of carboxylic acid groups (broad SMARTS) is 1. The van der Waals surface area contributed by atoms with Crippen molar-refractivity contribution in [1.82, 2.24) is 4.90 Å². The van der Waals surface area contributed by atoms with Gasteiger partial charge < -0.3 is 14.7 Å². The number of ether oxygens (including phenoxy) is 1. The summed E-state index contributed by atoms with van der Waals surface area (Å²) in [5.41, 5.74) is -0.738. The lowest BCUT2D eigenvalue weighted by molar-refractivity contribution is -0.137. The predicted molar refractivity (Wildman–Crippen MR) is 60.1 cm³/mol. The van der Waals surface area contributed by atoms with Crippen molar-refractivity contribution in [2.45, 2.75) is 18.7 Å². The van der Waals surface area contributed by atoms with Crippen LogP contribution in [0, 0.1) is 0 Å². The molecule has 1 fully saturated rings. The third-order valence-corrected chi connectivity index (χ3v) is 2.90. The fourth-order valence-electron chi connectivity index (χ4n) is 1.91. The first-order valence-corrected chi connectivity index (χ1v) is 5.68. The number of alkyl halides is 3. The molecule has 0 radical (unpaired) electrons. The Morgan fingerprint density at radius 3 is 2.42 bits per heavy atom. The molecule has 1 amide bonds. The molecule has 1 saturated heterocycles. The second-order valence-corrected chi connectivity index (χ2v) is 4.28. The number of amides is 1. The van der Waals surface area contributed by atoms with Gasteiger partial charge in [0.2, 0.25) is 0 Å². The highest BCUT2D eigenvalue weighted by Gasteiger charge is 2.31. The molecule has 4 nitrogen and oxygen atoms in total. The van der Waals surface area contributed by atoms with Gasteiger partial charge in [-0.3, -0.25) is 0 Å². The van der Waals surface area contributed by atoms with Crippen LogP contribution in [0.5, 0.6) is 5.75 Å². The molecule has 1 heterocycles. The zero-order valence-electron chi connectivity index (χ0n) is 9.85. The van der Waals surface area contributed by atoms with Crippen molar-refractivity contribution in [3.63, 3.8) is 0 Å². The number of carbonyl (C=O) groups is 1. The molecule has 104 valence electrons.